The molecule has 0 heterocycles. The summed E-state index contributed by atoms with van der Waals surface area (Å²) in [5.74, 6) is -2.19. The first kappa shape index (κ1) is 19.3. The van der Waals surface area contributed by atoms with Crippen LogP contribution in [0.25, 0.3) is 0 Å². The molecule has 0 atom stereocenters. The molecule has 6 heteroatoms. The third kappa shape index (κ3) is 5.50. The van der Waals surface area contributed by atoms with Gasteiger partial charge in [0.1, 0.15) is 5.94 Å². The molecule has 1 aliphatic carbocycles. The summed E-state index contributed by atoms with van der Waals surface area (Å²) in [5, 5.41) is 0. The van der Waals surface area contributed by atoms with Crippen molar-refractivity contribution in [2.24, 2.45) is 0 Å². The fourth-order valence-corrected chi connectivity index (χ4v) is 3.31. The summed E-state index contributed by atoms with van der Waals surface area (Å²) in [4.78, 5) is 11.4. The number of benzene rings is 2. The summed E-state index contributed by atoms with van der Waals surface area (Å²) in [6.45, 7) is 0. The lowest BCUT2D eigenvalue weighted by atomic mass is 9.97. The van der Waals surface area contributed by atoms with Crippen molar-refractivity contribution in [1.29, 1.82) is 0 Å². The molecule has 2 nitrogen and oxygen atoms in total. The monoisotopic (exact) mass is 390 g/mol. The fraction of sp³-hybridized carbons (Fsp3) is 0.190. The van der Waals surface area contributed by atoms with E-state index >= 15 is 0 Å². The Labute approximate surface area is 159 Å². The number of hydrogen-bond donors (Lipinski definition) is 0. The number of carbonyl (C=O) groups is 1. The van der Waals surface area contributed by atoms with Gasteiger partial charge in [-0.05, 0) is 35.2 Å². The third-order valence-electron chi connectivity index (χ3n) is 4.09. The second kappa shape index (κ2) is 8.48. The lowest BCUT2D eigenvalue weighted by Gasteiger charge is -2.09. The Balaban J connectivity index is 1.51. The third-order valence-corrected chi connectivity index (χ3v) is 4.93. The first-order valence-electron chi connectivity index (χ1n) is 8.31. The molecule has 0 amide bonds. The Morgan fingerprint density at radius 1 is 0.926 bits per heavy atom. The van der Waals surface area contributed by atoms with E-state index in [-0.39, 0.29) is 5.94 Å². The molecule has 0 bridgehead atoms. The van der Waals surface area contributed by atoms with Gasteiger partial charge in [0.05, 0.1) is 0 Å². The maximum atomic E-state index is 12.1. The van der Waals surface area contributed by atoms with Crippen molar-refractivity contribution in [3.63, 3.8) is 0 Å². The SMILES string of the molecule is O=C(OCSc1ccc(Cc2ccc(C3C=CC=C3)cc2)cc1)C(F)(F)F. The quantitative estimate of drug-likeness (QED) is 0.363. The standard InChI is InChI=1S/C21H17F3O2S/c22-21(23,24)20(25)26-14-27-19-11-7-16(8-12-19)13-15-5-9-18(10-6-15)17-3-1-2-4-17/h1-12,17H,13-14H2. The molecule has 27 heavy (non-hydrogen) atoms. The van der Waals surface area contributed by atoms with Crippen molar-refractivity contribution >= 4 is 17.7 Å². The van der Waals surface area contributed by atoms with E-state index in [1.54, 1.807) is 0 Å². The van der Waals surface area contributed by atoms with E-state index in [0.717, 1.165) is 28.6 Å². The van der Waals surface area contributed by atoms with Crippen molar-refractivity contribution in [2.45, 2.75) is 23.4 Å². The largest absolute Gasteiger partial charge is 0.490 e. The highest BCUT2D eigenvalue weighted by Gasteiger charge is 2.40. The maximum absolute atomic E-state index is 12.1. The molecule has 3 rings (SSSR count). The van der Waals surface area contributed by atoms with Gasteiger partial charge in [-0.2, -0.15) is 13.2 Å². The first-order valence-corrected chi connectivity index (χ1v) is 9.30. The van der Waals surface area contributed by atoms with Crippen molar-refractivity contribution in [3.05, 3.63) is 89.5 Å². The van der Waals surface area contributed by atoms with E-state index in [2.05, 4.69) is 41.2 Å². The van der Waals surface area contributed by atoms with Crippen LogP contribution in [0.15, 0.2) is 77.7 Å². The second-order valence-corrected chi connectivity index (χ2v) is 7.05. The average molecular weight is 390 g/mol. The van der Waals surface area contributed by atoms with Crippen LogP contribution in [-0.4, -0.2) is 18.1 Å². The van der Waals surface area contributed by atoms with Crippen LogP contribution in [0.4, 0.5) is 13.2 Å². The summed E-state index contributed by atoms with van der Waals surface area (Å²) < 4.78 is 40.4. The Morgan fingerprint density at radius 2 is 1.48 bits per heavy atom. The number of allylic oxidation sites excluding steroid dienone is 4. The van der Waals surface area contributed by atoms with Crippen LogP contribution in [0.1, 0.15) is 22.6 Å². The van der Waals surface area contributed by atoms with Crippen LogP contribution in [-0.2, 0) is 16.0 Å². The van der Waals surface area contributed by atoms with E-state index in [9.17, 15) is 18.0 Å². The van der Waals surface area contributed by atoms with Crippen LogP contribution in [0.2, 0.25) is 0 Å². The van der Waals surface area contributed by atoms with E-state index in [4.69, 9.17) is 0 Å². The molecule has 0 spiro atoms. The van der Waals surface area contributed by atoms with Gasteiger partial charge in [-0.3, -0.25) is 0 Å². The molecule has 2 aromatic rings. The number of hydrogen-bond acceptors (Lipinski definition) is 3. The van der Waals surface area contributed by atoms with Gasteiger partial charge >= 0.3 is 12.1 Å². The van der Waals surface area contributed by atoms with Crippen LogP contribution < -0.4 is 0 Å². The Hall–Kier alpha value is -2.47. The van der Waals surface area contributed by atoms with Gasteiger partial charge in [-0.15, -0.1) is 0 Å². The molecule has 0 aliphatic heterocycles. The number of thioether (sulfide) groups is 1. The minimum absolute atomic E-state index is 0.349. The predicted molar refractivity (Wildman–Crippen MR) is 99.6 cm³/mol. The van der Waals surface area contributed by atoms with E-state index < -0.39 is 12.1 Å². The zero-order valence-corrected chi connectivity index (χ0v) is 15.1. The van der Waals surface area contributed by atoms with Crippen LogP contribution in [0.5, 0.6) is 0 Å². The lowest BCUT2D eigenvalue weighted by Crippen LogP contribution is -2.25. The Kier molecular flexibility index (Phi) is 6.06. The van der Waals surface area contributed by atoms with Crippen LogP contribution in [0.3, 0.4) is 0 Å². The number of alkyl halides is 3. The Morgan fingerprint density at radius 3 is 2.04 bits per heavy atom. The van der Waals surface area contributed by atoms with Gasteiger partial charge in [-0.1, -0.05) is 72.5 Å². The lowest BCUT2D eigenvalue weighted by molar-refractivity contribution is -0.197. The zero-order valence-electron chi connectivity index (χ0n) is 14.3. The van der Waals surface area contributed by atoms with E-state index in [1.807, 2.05) is 36.4 Å². The summed E-state index contributed by atoms with van der Waals surface area (Å²) in [6, 6.07) is 15.9. The topological polar surface area (TPSA) is 26.3 Å². The molecule has 0 N–H and O–H groups in total. The average Bonchev–Trinajstić information content (AvgIpc) is 3.18. The predicted octanol–water partition coefficient (Wildman–Crippen LogP) is 5.64. The number of carbonyl (C=O) groups excluding carboxylic acids is 1. The smallest absolute Gasteiger partial charge is 0.448 e. The van der Waals surface area contributed by atoms with Crippen molar-refractivity contribution in [3.8, 4) is 0 Å². The summed E-state index contributed by atoms with van der Waals surface area (Å²) in [5.41, 5.74) is 3.54. The molecule has 0 saturated carbocycles. The maximum Gasteiger partial charge on any atom is 0.490 e. The molecular weight excluding hydrogens is 373 g/mol. The normalized spacial score (nSPS) is 13.9. The van der Waals surface area contributed by atoms with Gasteiger partial charge in [0.2, 0.25) is 0 Å². The summed E-state index contributed by atoms with van der Waals surface area (Å²) in [7, 11) is 0. The molecule has 0 fully saturated rings. The van der Waals surface area contributed by atoms with Crippen molar-refractivity contribution in [1.82, 2.24) is 0 Å². The minimum Gasteiger partial charge on any atom is -0.448 e. The molecule has 2 aromatic carbocycles. The first-order chi connectivity index (χ1) is 12.9. The van der Waals surface area contributed by atoms with Gasteiger partial charge in [-0.25, -0.2) is 4.79 Å². The van der Waals surface area contributed by atoms with E-state index in [0.29, 0.717) is 5.92 Å². The molecule has 1 aliphatic rings. The highest BCUT2D eigenvalue weighted by atomic mass is 32.2. The number of esters is 1. The molecule has 0 saturated heterocycles. The zero-order chi connectivity index (χ0) is 19.3. The number of halogens is 3. The molecule has 140 valence electrons. The molecule has 0 radical (unpaired) electrons. The molecule has 0 unspecified atom stereocenters. The highest BCUT2D eigenvalue weighted by molar-refractivity contribution is 7.99. The van der Waals surface area contributed by atoms with Crippen molar-refractivity contribution < 1.29 is 22.7 Å². The van der Waals surface area contributed by atoms with Crippen LogP contribution >= 0.6 is 11.8 Å². The highest BCUT2D eigenvalue weighted by Crippen LogP contribution is 2.25. The summed E-state index contributed by atoms with van der Waals surface area (Å²) in [6.07, 6.45) is 4.20. The van der Waals surface area contributed by atoms with Crippen LogP contribution in [0, 0.1) is 0 Å². The van der Waals surface area contributed by atoms with Gasteiger partial charge in [0, 0.05) is 10.8 Å². The number of ether oxygens (including phenoxy) is 1. The van der Waals surface area contributed by atoms with Gasteiger partial charge in [0.15, 0.2) is 0 Å². The summed E-state index contributed by atoms with van der Waals surface area (Å²) >= 11 is 1.04. The number of rotatable bonds is 6. The second-order valence-electron chi connectivity index (χ2n) is 6.05. The fourth-order valence-electron chi connectivity index (χ4n) is 2.68. The minimum atomic E-state index is -4.95. The van der Waals surface area contributed by atoms with Gasteiger partial charge in [0.25, 0.3) is 0 Å². The molecular formula is C21H17F3O2S. The van der Waals surface area contributed by atoms with Crippen molar-refractivity contribution in [2.75, 3.05) is 5.94 Å². The molecule has 0 aromatic heterocycles. The Bertz CT molecular complexity index is 825. The van der Waals surface area contributed by atoms with Gasteiger partial charge < -0.3 is 4.74 Å². The van der Waals surface area contributed by atoms with E-state index in [1.165, 1.54) is 11.1 Å².